The number of nitrogens with zero attached hydrogens (tertiary/aromatic N) is 1. The Kier molecular flexibility index (Phi) is 1.74. The highest BCUT2D eigenvalue weighted by molar-refractivity contribution is 6.12. The molecular weight excluding hydrogens is 210 g/mol. The number of carboxylic acid groups (broad SMARTS) is 1. The summed E-state index contributed by atoms with van der Waals surface area (Å²) in [5, 5.41) is 9.31. The Morgan fingerprint density at radius 3 is 2.12 bits per heavy atom. The lowest BCUT2D eigenvalue weighted by Gasteiger charge is -2.34. The molecule has 0 spiro atoms. The second kappa shape index (κ2) is 2.84. The number of amides is 2. The third-order valence-electron chi connectivity index (χ3n) is 4.12. The van der Waals surface area contributed by atoms with E-state index in [4.69, 9.17) is 0 Å². The smallest absolute Gasteiger partial charge is 0.330 e. The van der Waals surface area contributed by atoms with Crippen LogP contribution in [0.3, 0.4) is 0 Å². The molecule has 2 aliphatic carbocycles. The molecule has 1 heterocycles. The van der Waals surface area contributed by atoms with Gasteiger partial charge >= 0.3 is 5.97 Å². The zero-order chi connectivity index (χ0) is 11.5. The lowest BCUT2D eigenvalue weighted by Crippen LogP contribution is -2.56. The van der Waals surface area contributed by atoms with E-state index in [0.717, 1.165) is 17.7 Å². The first-order valence-corrected chi connectivity index (χ1v) is 5.69. The van der Waals surface area contributed by atoms with Crippen LogP contribution in [-0.4, -0.2) is 33.3 Å². The molecule has 3 rings (SSSR count). The molecular formula is C11H13NO4. The molecule has 0 radical (unpaired) electrons. The lowest BCUT2D eigenvalue weighted by atomic mass is 9.95. The van der Waals surface area contributed by atoms with Gasteiger partial charge < -0.3 is 5.11 Å². The molecule has 2 saturated carbocycles. The fourth-order valence-corrected chi connectivity index (χ4v) is 3.10. The number of carboxylic acids is 1. The van der Waals surface area contributed by atoms with E-state index in [0.29, 0.717) is 19.3 Å². The minimum atomic E-state index is -1.22. The molecule has 0 aromatic rings. The maximum atomic E-state index is 11.9. The van der Waals surface area contributed by atoms with Gasteiger partial charge in [0.25, 0.3) is 0 Å². The van der Waals surface area contributed by atoms with Gasteiger partial charge in [-0.05, 0) is 19.3 Å². The number of carbonyl (C=O) groups excluding carboxylic acids is 2. The van der Waals surface area contributed by atoms with Crippen LogP contribution in [0.4, 0.5) is 0 Å². The SMILES string of the molecule is O=C1C2CC2C(=O)N1C1(C(=O)O)CCCC1. The van der Waals surface area contributed by atoms with E-state index in [1.807, 2.05) is 0 Å². The minimum Gasteiger partial charge on any atom is -0.479 e. The maximum absolute atomic E-state index is 11.9. The second-order valence-electron chi connectivity index (χ2n) is 5.00. The minimum absolute atomic E-state index is 0.204. The largest absolute Gasteiger partial charge is 0.479 e. The van der Waals surface area contributed by atoms with Crippen molar-refractivity contribution in [2.24, 2.45) is 11.8 Å². The molecule has 1 N–H and O–H groups in total. The summed E-state index contributed by atoms with van der Waals surface area (Å²) in [5.74, 6) is -1.93. The summed E-state index contributed by atoms with van der Waals surface area (Å²) in [6, 6.07) is 0. The quantitative estimate of drug-likeness (QED) is 0.687. The fraction of sp³-hybridized carbons (Fsp3) is 0.727. The van der Waals surface area contributed by atoms with Gasteiger partial charge in [-0.2, -0.15) is 0 Å². The molecule has 0 aromatic heterocycles. The molecule has 2 amide bonds. The molecule has 86 valence electrons. The zero-order valence-electron chi connectivity index (χ0n) is 8.81. The van der Waals surface area contributed by atoms with Crippen LogP contribution in [0.2, 0.25) is 0 Å². The molecule has 16 heavy (non-hydrogen) atoms. The second-order valence-corrected chi connectivity index (χ2v) is 5.00. The third kappa shape index (κ3) is 0.982. The van der Waals surface area contributed by atoms with Gasteiger partial charge in [0.2, 0.25) is 11.8 Å². The van der Waals surface area contributed by atoms with Crippen molar-refractivity contribution in [3.05, 3.63) is 0 Å². The number of hydrogen-bond acceptors (Lipinski definition) is 3. The fourth-order valence-electron chi connectivity index (χ4n) is 3.10. The summed E-state index contributed by atoms with van der Waals surface area (Å²) in [6.45, 7) is 0. The van der Waals surface area contributed by atoms with Crippen molar-refractivity contribution >= 4 is 17.8 Å². The third-order valence-corrected chi connectivity index (χ3v) is 4.12. The van der Waals surface area contributed by atoms with Crippen LogP contribution in [0.1, 0.15) is 32.1 Å². The van der Waals surface area contributed by atoms with Gasteiger partial charge in [0.1, 0.15) is 5.54 Å². The molecule has 1 saturated heterocycles. The lowest BCUT2D eigenvalue weighted by molar-refractivity contribution is -0.164. The van der Waals surface area contributed by atoms with E-state index in [1.165, 1.54) is 0 Å². The van der Waals surface area contributed by atoms with Gasteiger partial charge in [-0.1, -0.05) is 12.8 Å². The van der Waals surface area contributed by atoms with E-state index < -0.39 is 11.5 Å². The summed E-state index contributed by atoms with van der Waals surface area (Å²) in [4.78, 5) is 36.2. The number of carbonyl (C=O) groups is 3. The molecule has 2 atom stereocenters. The number of fused-ring (bicyclic) bond motifs is 1. The average molecular weight is 223 g/mol. The van der Waals surface area contributed by atoms with Crippen LogP contribution in [0.25, 0.3) is 0 Å². The summed E-state index contributed by atoms with van der Waals surface area (Å²) in [6.07, 6.45) is 3.01. The summed E-state index contributed by atoms with van der Waals surface area (Å²) >= 11 is 0. The Morgan fingerprint density at radius 2 is 1.69 bits per heavy atom. The van der Waals surface area contributed by atoms with Crippen LogP contribution in [0, 0.1) is 11.8 Å². The van der Waals surface area contributed by atoms with Gasteiger partial charge in [0.05, 0.1) is 11.8 Å². The van der Waals surface area contributed by atoms with Crippen molar-refractivity contribution in [3.8, 4) is 0 Å². The van der Waals surface area contributed by atoms with Gasteiger partial charge in [0, 0.05) is 0 Å². The van der Waals surface area contributed by atoms with Gasteiger partial charge in [0.15, 0.2) is 0 Å². The van der Waals surface area contributed by atoms with Crippen LogP contribution in [0.15, 0.2) is 0 Å². The highest BCUT2D eigenvalue weighted by atomic mass is 16.4. The number of imide groups is 1. The molecule has 2 unspecified atom stereocenters. The molecule has 5 nitrogen and oxygen atoms in total. The Hall–Kier alpha value is -1.39. The summed E-state index contributed by atoms with van der Waals surface area (Å²) < 4.78 is 0. The average Bonchev–Trinajstić information content (AvgIpc) is 2.82. The maximum Gasteiger partial charge on any atom is 0.330 e. The standard InChI is InChI=1S/C11H13NO4/c13-8-6-5-7(6)9(14)12(8)11(10(15)16)3-1-2-4-11/h6-7H,1-5H2,(H,15,16). The van der Waals surface area contributed by atoms with E-state index in [1.54, 1.807) is 0 Å². The van der Waals surface area contributed by atoms with Crippen LogP contribution in [-0.2, 0) is 14.4 Å². The Labute approximate surface area is 92.4 Å². The topological polar surface area (TPSA) is 74.7 Å². The molecule has 3 aliphatic rings. The first-order valence-electron chi connectivity index (χ1n) is 5.69. The number of rotatable bonds is 2. The zero-order valence-corrected chi connectivity index (χ0v) is 8.81. The predicted octanol–water partition coefficient (Wildman–Crippen LogP) is 0.389. The van der Waals surface area contributed by atoms with Crippen LogP contribution >= 0.6 is 0 Å². The van der Waals surface area contributed by atoms with E-state index in [2.05, 4.69) is 0 Å². The molecule has 5 heteroatoms. The number of aliphatic carboxylic acids is 1. The van der Waals surface area contributed by atoms with E-state index in [-0.39, 0.29) is 23.7 Å². The van der Waals surface area contributed by atoms with Gasteiger partial charge in [-0.25, -0.2) is 4.79 Å². The number of likely N-dealkylation sites (tertiary alicyclic amines) is 1. The van der Waals surface area contributed by atoms with Gasteiger partial charge in [-0.3, -0.25) is 14.5 Å². The van der Waals surface area contributed by atoms with Crippen molar-refractivity contribution < 1.29 is 19.5 Å². The summed E-state index contributed by atoms with van der Waals surface area (Å²) in [5.41, 5.74) is -1.22. The highest BCUT2D eigenvalue weighted by Gasteiger charge is 2.65. The summed E-state index contributed by atoms with van der Waals surface area (Å²) in [7, 11) is 0. The molecule has 0 aromatic carbocycles. The normalized spacial score (nSPS) is 35.4. The Morgan fingerprint density at radius 1 is 1.19 bits per heavy atom. The van der Waals surface area contributed by atoms with Crippen molar-refractivity contribution in [3.63, 3.8) is 0 Å². The molecule has 0 bridgehead atoms. The van der Waals surface area contributed by atoms with Crippen molar-refractivity contribution in [1.82, 2.24) is 4.90 Å². The highest BCUT2D eigenvalue weighted by Crippen LogP contribution is 2.51. The van der Waals surface area contributed by atoms with Crippen molar-refractivity contribution in [2.45, 2.75) is 37.6 Å². The van der Waals surface area contributed by atoms with Crippen LogP contribution in [0.5, 0.6) is 0 Å². The Balaban J connectivity index is 1.99. The first-order chi connectivity index (χ1) is 7.58. The predicted molar refractivity (Wildman–Crippen MR) is 52.3 cm³/mol. The van der Waals surface area contributed by atoms with Crippen molar-refractivity contribution in [1.29, 1.82) is 0 Å². The number of piperidine rings is 1. The number of hydrogen-bond donors (Lipinski definition) is 1. The van der Waals surface area contributed by atoms with Crippen LogP contribution < -0.4 is 0 Å². The monoisotopic (exact) mass is 223 g/mol. The first kappa shape index (κ1) is 9.81. The molecule has 1 aliphatic heterocycles. The van der Waals surface area contributed by atoms with Gasteiger partial charge in [-0.15, -0.1) is 0 Å². The Bertz CT molecular complexity index is 377. The van der Waals surface area contributed by atoms with E-state index >= 15 is 0 Å². The van der Waals surface area contributed by atoms with Crippen molar-refractivity contribution in [2.75, 3.05) is 0 Å². The molecule has 3 fully saturated rings. The van der Waals surface area contributed by atoms with E-state index in [9.17, 15) is 19.5 Å².